The van der Waals surface area contributed by atoms with Crippen LogP contribution in [0.3, 0.4) is 0 Å². The Morgan fingerprint density at radius 2 is 1.33 bits per heavy atom. The van der Waals surface area contributed by atoms with Crippen molar-refractivity contribution < 1.29 is 0 Å². The Labute approximate surface area is 139 Å². The normalized spacial score (nSPS) is 10.3. The maximum absolute atomic E-state index is 5.99. The average Bonchev–Trinajstić information content (AvgIpc) is 2.34. The van der Waals surface area contributed by atoms with Crippen molar-refractivity contribution >= 4 is 57.6 Å². The van der Waals surface area contributed by atoms with Gasteiger partial charge in [0.05, 0.1) is 15.7 Å². The minimum atomic E-state index is 0.358. The number of hydrogen-bond acceptors (Lipinski definition) is 2. The van der Waals surface area contributed by atoms with Crippen LogP contribution in [0.4, 0.5) is 17.1 Å². The van der Waals surface area contributed by atoms with Crippen molar-refractivity contribution in [3.63, 3.8) is 0 Å². The smallest absolute Gasteiger partial charge is 0.175 e. The lowest BCUT2D eigenvalue weighted by Gasteiger charge is -2.13. The second-order valence-corrected chi connectivity index (χ2v) is 6.03. The highest BCUT2D eigenvalue weighted by atomic mass is 35.5. The van der Waals surface area contributed by atoms with Crippen molar-refractivity contribution in [2.24, 2.45) is 0 Å². The minimum absolute atomic E-state index is 0.358. The summed E-state index contributed by atoms with van der Waals surface area (Å²) < 4.78 is 0. The van der Waals surface area contributed by atoms with Crippen molar-refractivity contribution in [3.8, 4) is 0 Å². The van der Waals surface area contributed by atoms with E-state index in [0.29, 0.717) is 26.5 Å². The zero-order chi connectivity index (χ0) is 15.6. The number of nitrogens with two attached hydrogens (primary N) is 1. The van der Waals surface area contributed by atoms with Gasteiger partial charge in [0.15, 0.2) is 5.11 Å². The first-order valence-corrected chi connectivity index (χ1v) is 7.42. The van der Waals surface area contributed by atoms with Gasteiger partial charge in [-0.2, -0.15) is 0 Å². The molecule has 0 spiro atoms. The molecule has 0 bridgehead atoms. The van der Waals surface area contributed by atoms with Crippen LogP contribution in [0.25, 0.3) is 0 Å². The molecule has 6 heteroatoms. The Bertz CT molecular complexity index is 658. The van der Waals surface area contributed by atoms with Gasteiger partial charge in [-0.3, -0.25) is 0 Å². The molecule has 0 unspecified atom stereocenters. The lowest BCUT2D eigenvalue weighted by Crippen LogP contribution is -2.19. The van der Waals surface area contributed by atoms with Crippen LogP contribution < -0.4 is 16.4 Å². The van der Waals surface area contributed by atoms with E-state index >= 15 is 0 Å². The highest BCUT2D eigenvalue weighted by Crippen LogP contribution is 2.31. The van der Waals surface area contributed by atoms with Gasteiger partial charge in [-0.1, -0.05) is 29.3 Å². The van der Waals surface area contributed by atoms with E-state index in [1.807, 2.05) is 26.0 Å². The first kappa shape index (κ1) is 15.9. The van der Waals surface area contributed by atoms with Crippen LogP contribution in [0.1, 0.15) is 11.1 Å². The maximum Gasteiger partial charge on any atom is 0.175 e. The summed E-state index contributed by atoms with van der Waals surface area (Å²) in [4.78, 5) is 0. The number of aryl methyl sites for hydroxylation is 2. The Morgan fingerprint density at radius 3 is 1.81 bits per heavy atom. The summed E-state index contributed by atoms with van der Waals surface area (Å²) in [6.45, 7) is 4.07. The minimum Gasteiger partial charge on any atom is -0.396 e. The zero-order valence-electron chi connectivity index (χ0n) is 11.6. The van der Waals surface area contributed by atoms with E-state index < -0.39 is 0 Å². The third kappa shape index (κ3) is 4.24. The fourth-order valence-corrected chi connectivity index (χ4v) is 2.72. The predicted octanol–water partition coefficient (Wildman–Crippen LogP) is 5.00. The van der Waals surface area contributed by atoms with E-state index in [-0.39, 0.29) is 0 Å². The zero-order valence-corrected chi connectivity index (χ0v) is 14.0. The van der Waals surface area contributed by atoms with E-state index in [0.717, 1.165) is 5.69 Å². The number of nitrogens with one attached hydrogen (secondary N) is 2. The van der Waals surface area contributed by atoms with Gasteiger partial charge in [0.1, 0.15) is 0 Å². The molecule has 2 aromatic carbocycles. The first-order chi connectivity index (χ1) is 9.85. The Hall–Kier alpha value is -1.49. The molecule has 0 aliphatic rings. The topological polar surface area (TPSA) is 50.1 Å². The summed E-state index contributed by atoms with van der Waals surface area (Å²) in [7, 11) is 0. The number of hydrogen-bond donors (Lipinski definition) is 3. The van der Waals surface area contributed by atoms with Crippen LogP contribution in [0, 0.1) is 13.8 Å². The predicted molar refractivity (Wildman–Crippen MR) is 96.6 cm³/mol. The van der Waals surface area contributed by atoms with E-state index in [1.165, 1.54) is 11.1 Å². The molecule has 4 N–H and O–H groups in total. The summed E-state index contributed by atoms with van der Waals surface area (Å²) in [5, 5.41) is 7.39. The molecule has 0 aliphatic heterocycles. The number of rotatable bonds is 2. The van der Waals surface area contributed by atoms with E-state index in [9.17, 15) is 0 Å². The largest absolute Gasteiger partial charge is 0.396 e. The van der Waals surface area contributed by atoms with Crippen LogP contribution in [-0.2, 0) is 0 Å². The molecule has 2 rings (SSSR count). The molecule has 0 heterocycles. The van der Waals surface area contributed by atoms with E-state index in [2.05, 4.69) is 16.7 Å². The number of thiocarbonyl (C=S) groups is 1. The van der Waals surface area contributed by atoms with Gasteiger partial charge in [0.25, 0.3) is 0 Å². The number of nitrogen functional groups attached to an aromatic ring is 1. The number of halogens is 2. The summed E-state index contributed by atoms with van der Waals surface area (Å²) in [5.41, 5.74) is 10.00. The van der Waals surface area contributed by atoms with Crippen molar-refractivity contribution in [1.29, 1.82) is 0 Å². The summed E-state index contributed by atoms with van der Waals surface area (Å²) in [6.07, 6.45) is 0. The second kappa shape index (κ2) is 6.52. The third-order valence-electron chi connectivity index (χ3n) is 2.82. The van der Waals surface area contributed by atoms with Gasteiger partial charge in [0, 0.05) is 11.4 Å². The molecule has 0 saturated heterocycles. The van der Waals surface area contributed by atoms with Gasteiger partial charge in [-0.05, 0) is 61.5 Å². The highest BCUT2D eigenvalue weighted by molar-refractivity contribution is 7.80. The fraction of sp³-hybridized carbons (Fsp3) is 0.133. The molecule has 0 aromatic heterocycles. The van der Waals surface area contributed by atoms with Crippen molar-refractivity contribution in [1.82, 2.24) is 0 Å². The summed E-state index contributed by atoms with van der Waals surface area (Å²) >= 11 is 17.3. The molecule has 110 valence electrons. The summed E-state index contributed by atoms with van der Waals surface area (Å²) in [6, 6.07) is 9.49. The highest BCUT2D eigenvalue weighted by Gasteiger charge is 2.06. The molecule has 0 amide bonds. The molecule has 2 aromatic rings. The lowest BCUT2D eigenvalue weighted by atomic mass is 10.1. The molecule has 0 saturated carbocycles. The number of benzene rings is 2. The maximum atomic E-state index is 5.99. The van der Waals surface area contributed by atoms with Crippen molar-refractivity contribution in [2.75, 3.05) is 16.4 Å². The SMILES string of the molecule is Cc1cc(C)cc(NC(=S)Nc2cc(Cl)c(N)c(Cl)c2)c1. The Kier molecular flexibility index (Phi) is 4.93. The fourth-order valence-electron chi connectivity index (χ4n) is 2.00. The van der Waals surface area contributed by atoms with Crippen LogP contribution in [0.2, 0.25) is 10.0 Å². The monoisotopic (exact) mass is 339 g/mol. The van der Waals surface area contributed by atoms with Crippen molar-refractivity contribution in [3.05, 3.63) is 51.5 Å². The standard InChI is InChI=1S/C15H15Cl2N3S/c1-8-3-9(2)5-10(4-8)19-15(21)20-11-6-12(16)14(18)13(17)7-11/h3-7H,18H2,1-2H3,(H2,19,20,21). The summed E-state index contributed by atoms with van der Waals surface area (Å²) in [5.74, 6) is 0. The van der Waals surface area contributed by atoms with Crippen LogP contribution in [0.5, 0.6) is 0 Å². The molecular weight excluding hydrogens is 325 g/mol. The van der Waals surface area contributed by atoms with Gasteiger partial charge in [0.2, 0.25) is 0 Å². The van der Waals surface area contributed by atoms with Crippen LogP contribution in [-0.4, -0.2) is 5.11 Å². The number of anilines is 3. The first-order valence-electron chi connectivity index (χ1n) is 6.26. The Balaban J connectivity index is 2.11. The van der Waals surface area contributed by atoms with Gasteiger partial charge in [-0.15, -0.1) is 0 Å². The van der Waals surface area contributed by atoms with E-state index in [4.69, 9.17) is 41.2 Å². The van der Waals surface area contributed by atoms with E-state index in [1.54, 1.807) is 12.1 Å². The molecule has 0 aliphatic carbocycles. The van der Waals surface area contributed by atoms with Gasteiger partial charge < -0.3 is 16.4 Å². The average molecular weight is 340 g/mol. The molecule has 0 radical (unpaired) electrons. The van der Waals surface area contributed by atoms with Crippen LogP contribution >= 0.6 is 35.4 Å². The van der Waals surface area contributed by atoms with Gasteiger partial charge >= 0.3 is 0 Å². The van der Waals surface area contributed by atoms with Crippen molar-refractivity contribution in [2.45, 2.75) is 13.8 Å². The molecule has 21 heavy (non-hydrogen) atoms. The van der Waals surface area contributed by atoms with Gasteiger partial charge in [-0.25, -0.2) is 0 Å². The molecule has 0 atom stereocenters. The lowest BCUT2D eigenvalue weighted by molar-refractivity contribution is 1.38. The Morgan fingerprint density at radius 1 is 0.905 bits per heavy atom. The quantitative estimate of drug-likeness (QED) is 0.532. The van der Waals surface area contributed by atoms with Crippen LogP contribution in [0.15, 0.2) is 30.3 Å². The molecule has 3 nitrogen and oxygen atoms in total. The molecular formula is C15H15Cl2N3S. The second-order valence-electron chi connectivity index (χ2n) is 4.81. The molecule has 0 fully saturated rings. The third-order valence-corrected chi connectivity index (χ3v) is 3.65.